The van der Waals surface area contributed by atoms with Gasteiger partial charge in [0.15, 0.2) is 0 Å². The van der Waals surface area contributed by atoms with Crippen molar-refractivity contribution in [2.24, 2.45) is 5.10 Å². The molecule has 0 saturated heterocycles. The maximum absolute atomic E-state index is 12.6. The van der Waals surface area contributed by atoms with E-state index in [0.717, 1.165) is 11.1 Å². The minimum Gasteiger partial charge on any atom is -0.268 e. The molecular weight excluding hydrogens is 352 g/mol. The molecule has 6 nitrogen and oxygen atoms in total. The van der Waals surface area contributed by atoms with Crippen molar-refractivity contribution < 1.29 is 4.79 Å². The number of nitrogens with zero attached hydrogens (tertiary/aromatic N) is 3. The van der Waals surface area contributed by atoms with Crippen molar-refractivity contribution in [2.75, 3.05) is 0 Å². The smallest absolute Gasteiger partial charge is 0.268 e. The third-order valence-electron chi connectivity index (χ3n) is 4.22. The Morgan fingerprint density at radius 1 is 0.857 bits per heavy atom. The average Bonchev–Trinajstić information content (AvgIpc) is 2.76. The zero-order chi connectivity index (χ0) is 19.3. The van der Waals surface area contributed by atoms with Crippen LogP contribution in [0.25, 0.3) is 5.65 Å². The fourth-order valence-corrected chi connectivity index (χ4v) is 2.84. The van der Waals surface area contributed by atoms with Crippen LogP contribution in [-0.4, -0.2) is 21.0 Å². The molecule has 1 N–H and O–H groups in total. The lowest BCUT2D eigenvalue weighted by atomic mass is 10.0. The number of hydrogen-bond acceptors (Lipinski definition) is 4. The van der Waals surface area contributed by atoms with Gasteiger partial charge in [0, 0.05) is 23.5 Å². The molecule has 2 heterocycles. The van der Waals surface area contributed by atoms with Crippen molar-refractivity contribution in [3.05, 3.63) is 118 Å². The first kappa shape index (κ1) is 17.4. The molecule has 0 aliphatic carbocycles. The summed E-state index contributed by atoms with van der Waals surface area (Å²) in [6.07, 6.45) is 2.84. The first-order valence-corrected chi connectivity index (χ1v) is 8.69. The van der Waals surface area contributed by atoms with E-state index in [1.807, 2.05) is 60.7 Å². The molecule has 0 spiro atoms. The van der Waals surface area contributed by atoms with Crippen molar-refractivity contribution in [1.82, 2.24) is 14.8 Å². The lowest BCUT2D eigenvalue weighted by Gasteiger charge is -2.08. The van der Waals surface area contributed by atoms with Gasteiger partial charge in [-0.15, -0.1) is 0 Å². The van der Waals surface area contributed by atoms with Crippen LogP contribution in [0.2, 0.25) is 0 Å². The minimum atomic E-state index is -0.611. The molecule has 0 aliphatic heterocycles. The summed E-state index contributed by atoms with van der Waals surface area (Å²) >= 11 is 0. The van der Waals surface area contributed by atoms with Crippen LogP contribution in [0.5, 0.6) is 0 Å². The highest BCUT2D eigenvalue weighted by molar-refractivity contribution is 6.13. The first-order valence-electron chi connectivity index (χ1n) is 8.69. The third kappa shape index (κ3) is 3.43. The van der Waals surface area contributed by atoms with Gasteiger partial charge in [0.1, 0.15) is 11.2 Å². The number of hydrazone groups is 1. The van der Waals surface area contributed by atoms with Crippen molar-refractivity contribution >= 4 is 17.3 Å². The van der Waals surface area contributed by atoms with Crippen LogP contribution in [0, 0.1) is 0 Å². The predicted octanol–water partition coefficient (Wildman–Crippen LogP) is 2.88. The molecule has 28 heavy (non-hydrogen) atoms. The monoisotopic (exact) mass is 368 g/mol. The van der Waals surface area contributed by atoms with Crippen molar-refractivity contribution in [1.29, 1.82) is 0 Å². The second kappa shape index (κ2) is 7.67. The molecule has 4 rings (SSSR count). The van der Waals surface area contributed by atoms with Crippen LogP contribution in [0.3, 0.4) is 0 Å². The van der Waals surface area contributed by atoms with Crippen LogP contribution in [0.1, 0.15) is 21.5 Å². The Kier molecular flexibility index (Phi) is 4.76. The molecule has 0 saturated carbocycles. The van der Waals surface area contributed by atoms with Gasteiger partial charge in [-0.3, -0.25) is 14.0 Å². The Morgan fingerprint density at radius 2 is 1.46 bits per heavy atom. The number of benzene rings is 2. The van der Waals surface area contributed by atoms with E-state index in [1.165, 1.54) is 10.6 Å². The van der Waals surface area contributed by atoms with E-state index < -0.39 is 11.5 Å². The lowest BCUT2D eigenvalue weighted by Crippen LogP contribution is -2.29. The largest absolute Gasteiger partial charge is 0.278 e. The second-order valence-electron chi connectivity index (χ2n) is 6.04. The third-order valence-corrected chi connectivity index (χ3v) is 4.22. The maximum atomic E-state index is 12.6. The molecule has 136 valence electrons. The van der Waals surface area contributed by atoms with Gasteiger partial charge in [-0.25, -0.2) is 10.4 Å². The lowest BCUT2D eigenvalue weighted by molar-refractivity contribution is 0.0953. The summed E-state index contributed by atoms with van der Waals surface area (Å²) in [7, 11) is 0. The van der Waals surface area contributed by atoms with Crippen molar-refractivity contribution in [3.63, 3.8) is 0 Å². The standard InChI is InChI=1S/C22H16N4O2/c27-21(18-15-23-19-13-7-8-14-26(19)22(18)28)25-24-20(16-9-3-1-4-10-16)17-11-5-2-6-12-17/h1-15H,(H,25,27). The molecule has 2 aromatic carbocycles. The fraction of sp³-hybridized carbons (Fsp3) is 0. The highest BCUT2D eigenvalue weighted by Gasteiger charge is 2.14. The Bertz CT molecular complexity index is 1170. The molecular formula is C22H16N4O2. The number of nitrogens with one attached hydrogen (secondary N) is 1. The van der Waals surface area contributed by atoms with E-state index in [2.05, 4.69) is 15.5 Å². The minimum absolute atomic E-state index is 0.0760. The molecule has 0 aliphatic rings. The quantitative estimate of drug-likeness (QED) is 0.445. The maximum Gasteiger partial charge on any atom is 0.278 e. The predicted molar refractivity (Wildman–Crippen MR) is 107 cm³/mol. The van der Waals surface area contributed by atoms with Crippen LogP contribution >= 0.6 is 0 Å². The van der Waals surface area contributed by atoms with E-state index in [1.54, 1.807) is 24.4 Å². The highest BCUT2D eigenvalue weighted by atomic mass is 16.2. The van der Waals surface area contributed by atoms with Crippen LogP contribution < -0.4 is 11.0 Å². The van der Waals surface area contributed by atoms with Crippen LogP contribution in [-0.2, 0) is 0 Å². The molecule has 0 fully saturated rings. The van der Waals surface area contributed by atoms with Gasteiger partial charge in [0.25, 0.3) is 11.5 Å². The van der Waals surface area contributed by atoms with Crippen LogP contribution in [0.4, 0.5) is 0 Å². The summed E-state index contributed by atoms with van der Waals surface area (Å²) in [5.74, 6) is -0.611. The van der Waals surface area contributed by atoms with Crippen molar-refractivity contribution in [2.45, 2.75) is 0 Å². The van der Waals surface area contributed by atoms with E-state index in [-0.39, 0.29) is 5.56 Å². The number of aromatic nitrogens is 2. The molecule has 1 amide bonds. The van der Waals surface area contributed by atoms with Gasteiger partial charge >= 0.3 is 0 Å². The number of amides is 1. The van der Waals surface area contributed by atoms with Gasteiger partial charge in [-0.1, -0.05) is 66.7 Å². The van der Waals surface area contributed by atoms with Gasteiger partial charge < -0.3 is 0 Å². The van der Waals surface area contributed by atoms with Crippen molar-refractivity contribution in [3.8, 4) is 0 Å². The molecule has 0 radical (unpaired) electrons. The first-order chi connectivity index (χ1) is 13.7. The number of fused-ring (bicyclic) bond motifs is 1. The molecule has 4 aromatic rings. The van der Waals surface area contributed by atoms with E-state index in [0.29, 0.717) is 11.4 Å². The summed E-state index contributed by atoms with van der Waals surface area (Å²) in [5.41, 5.74) is 4.75. The van der Waals surface area contributed by atoms with E-state index in [4.69, 9.17) is 0 Å². The number of carbonyl (C=O) groups is 1. The summed E-state index contributed by atoms with van der Waals surface area (Å²) < 4.78 is 1.33. The molecule has 0 bridgehead atoms. The molecule has 2 aromatic heterocycles. The van der Waals surface area contributed by atoms with Crippen LogP contribution in [0.15, 0.2) is 101 Å². The van der Waals surface area contributed by atoms with E-state index in [9.17, 15) is 9.59 Å². The Hall–Kier alpha value is -4.06. The number of rotatable bonds is 4. The fourth-order valence-electron chi connectivity index (χ4n) is 2.84. The highest BCUT2D eigenvalue weighted by Crippen LogP contribution is 2.10. The SMILES string of the molecule is O=C(NN=C(c1ccccc1)c1ccccc1)c1cnc2ccccn2c1=O. The molecule has 0 atom stereocenters. The zero-order valence-electron chi connectivity index (χ0n) is 14.8. The van der Waals surface area contributed by atoms with Gasteiger partial charge in [0.05, 0.1) is 5.71 Å². The molecule has 6 heteroatoms. The van der Waals surface area contributed by atoms with Gasteiger partial charge in [0.2, 0.25) is 0 Å². The Morgan fingerprint density at radius 3 is 2.11 bits per heavy atom. The van der Waals surface area contributed by atoms with Gasteiger partial charge in [-0.05, 0) is 12.1 Å². The Balaban J connectivity index is 1.70. The summed E-state index contributed by atoms with van der Waals surface area (Å²) in [5, 5.41) is 4.30. The van der Waals surface area contributed by atoms with E-state index >= 15 is 0 Å². The zero-order valence-corrected chi connectivity index (χ0v) is 14.8. The van der Waals surface area contributed by atoms with Gasteiger partial charge in [-0.2, -0.15) is 5.10 Å². The number of pyridine rings is 1. The number of carbonyl (C=O) groups excluding carboxylic acids is 1. The topological polar surface area (TPSA) is 75.8 Å². The average molecular weight is 368 g/mol. The Labute approximate surface area is 160 Å². The summed E-state index contributed by atoms with van der Waals surface area (Å²) in [6.45, 7) is 0. The summed E-state index contributed by atoms with van der Waals surface area (Å²) in [6, 6.07) is 24.2. The second-order valence-corrected chi connectivity index (χ2v) is 6.04. The summed E-state index contributed by atoms with van der Waals surface area (Å²) in [4.78, 5) is 29.3. The number of hydrogen-bond donors (Lipinski definition) is 1. The normalized spacial score (nSPS) is 10.4. The molecule has 0 unspecified atom stereocenters.